The van der Waals surface area contributed by atoms with Crippen molar-refractivity contribution in [1.29, 1.82) is 0 Å². The van der Waals surface area contributed by atoms with Gasteiger partial charge < -0.3 is 69.6 Å². The second-order valence-corrected chi connectivity index (χ2v) is 10.1. The molecule has 236 valence electrons. The van der Waals surface area contributed by atoms with E-state index < -0.39 is 90.9 Å². The molecule has 2 aliphatic heterocycles. The maximum Gasteiger partial charge on any atom is 0.229 e. The molecule has 2 aromatic carbocycles. The third kappa shape index (κ3) is 6.85. The van der Waals surface area contributed by atoms with Crippen molar-refractivity contribution in [1.82, 2.24) is 0 Å². The summed E-state index contributed by atoms with van der Waals surface area (Å²) in [6.07, 6.45) is -13.3. The molecule has 0 spiro atoms. The number of hydrogen-bond acceptors (Lipinski definition) is 15. The summed E-state index contributed by atoms with van der Waals surface area (Å²) in [5, 5.41) is 92.2. The molecule has 0 aliphatic carbocycles. The Kier molecular flexibility index (Phi) is 10.1. The van der Waals surface area contributed by atoms with Gasteiger partial charge in [0.1, 0.15) is 59.4 Å². The van der Waals surface area contributed by atoms with Gasteiger partial charge in [-0.1, -0.05) is 12.1 Å². The van der Waals surface area contributed by atoms with Crippen LogP contribution in [0, 0.1) is 0 Å². The number of phenols is 3. The van der Waals surface area contributed by atoms with Gasteiger partial charge in [0.25, 0.3) is 0 Å². The molecule has 4 rings (SSSR count). The molecule has 0 amide bonds. The van der Waals surface area contributed by atoms with Gasteiger partial charge in [-0.25, -0.2) is 0 Å². The molecular weight excluding hydrogens is 576 g/mol. The molecule has 0 bridgehead atoms. The Hall–Kier alpha value is -3.51. The quantitative estimate of drug-likeness (QED) is 0.119. The van der Waals surface area contributed by atoms with Crippen molar-refractivity contribution in [3.63, 3.8) is 0 Å². The fourth-order valence-electron chi connectivity index (χ4n) is 4.68. The van der Waals surface area contributed by atoms with E-state index in [4.69, 9.17) is 23.7 Å². The van der Waals surface area contributed by atoms with E-state index in [-0.39, 0.29) is 17.2 Å². The number of aliphatic hydroxyl groups is 6. The SMILES string of the molecule is COc1ccc(C=CC(=O)c2c(O)cc(OC3OC(CO)C(O)C(O)C3OC3OC(C)C(O)C(O)C3O)cc2O)cc1O. The van der Waals surface area contributed by atoms with Crippen LogP contribution in [-0.2, 0) is 14.2 Å². The first-order valence-electron chi connectivity index (χ1n) is 13.2. The number of allylic oxidation sites excluding steroid dienone is 1. The van der Waals surface area contributed by atoms with Gasteiger partial charge in [-0.2, -0.15) is 0 Å². The molecule has 9 N–H and O–H groups in total. The number of hydrogen-bond donors (Lipinski definition) is 9. The van der Waals surface area contributed by atoms with Crippen LogP contribution in [0.1, 0.15) is 22.8 Å². The zero-order valence-electron chi connectivity index (χ0n) is 23.0. The summed E-state index contributed by atoms with van der Waals surface area (Å²) in [5.41, 5.74) is -0.0589. The molecule has 10 unspecified atom stereocenters. The minimum absolute atomic E-state index is 0.162. The number of benzene rings is 2. The van der Waals surface area contributed by atoms with E-state index in [9.17, 15) is 50.8 Å². The van der Waals surface area contributed by atoms with Crippen LogP contribution in [-0.4, -0.2) is 127 Å². The van der Waals surface area contributed by atoms with E-state index in [1.807, 2.05) is 0 Å². The maximum atomic E-state index is 12.8. The summed E-state index contributed by atoms with van der Waals surface area (Å²) in [6.45, 7) is 0.649. The van der Waals surface area contributed by atoms with Crippen molar-refractivity contribution in [2.45, 2.75) is 68.3 Å². The number of phenolic OH excluding ortho intramolecular Hbond substituents is 3. The van der Waals surface area contributed by atoms with Gasteiger partial charge in [0.15, 0.2) is 29.7 Å². The Morgan fingerprint density at radius 1 is 0.860 bits per heavy atom. The number of carbonyl (C=O) groups is 1. The molecule has 43 heavy (non-hydrogen) atoms. The number of ketones is 1. The second-order valence-electron chi connectivity index (χ2n) is 10.1. The standard InChI is InChI=1S/C28H34O15/c1-11-21(34)23(36)25(38)27(40-11)43-26-24(37)22(35)19(10-29)42-28(26)41-13-8-16(32)20(17(33)9-13)14(30)5-3-12-4-6-18(39-2)15(31)7-12/h3-9,11,19,21-29,31-38H,10H2,1-2H3. The minimum atomic E-state index is -1.79. The van der Waals surface area contributed by atoms with Crippen LogP contribution in [0.2, 0.25) is 0 Å². The third-order valence-corrected chi connectivity index (χ3v) is 7.12. The first-order chi connectivity index (χ1) is 20.4. The van der Waals surface area contributed by atoms with Gasteiger partial charge in [-0.05, 0) is 30.7 Å². The molecule has 2 heterocycles. The highest BCUT2D eigenvalue weighted by Gasteiger charge is 2.51. The normalized spacial score (nSPS) is 32.9. The summed E-state index contributed by atoms with van der Waals surface area (Å²) >= 11 is 0. The zero-order chi connectivity index (χ0) is 31.6. The Balaban J connectivity index is 1.55. The van der Waals surface area contributed by atoms with E-state index >= 15 is 0 Å². The summed E-state index contributed by atoms with van der Waals surface area (Å²) in [5.74, 6) is -2.43. The van der Waals surface area contributed by atoms with Gasteiger partial charge in [-0.15, -0.1) is 0 Å². The number of rotatable bonds is 9. The van der Waals surface area contributed by atoms with Crippen molar-refractivity contribution in [2.24, 2.45) is 0 Å². The van der Waals surface area contributed by atoms with Crippen LogP contribution in [0.3, 0.4) is 0 Å². The van der Waals surface area contributed by atoms with Gasteiger partial charge in [0.05, 0.1) is 19.8 Å². The molecule has 2 aliphatic rings. The van der Waals surface area contributed by atoms with Crippen molar-refractivity contribution in [2.75, 3.05) is 13.7 Å². The maximum absolute atomic E-state index is 12.8. The van der Waals surface area contributed by atoms with Gasteiger partial charge in [0.2, 0.25) is 6.29 Å². The van der Waals surface area contributed by atoms with Crippen LogP contribution >= 0.6 is 0 Å². The molecular formula is C28H34O15. The monoisotopic (exact) mass is 610 g/mol. The molecule has 15 nitrogen and oxygen atoms in total. The number of methoxy groups -OCH3 is 1. The second kappa shape index (κ2) is 13.4. The third-order valence-electron chi connectivity index (χ3n) is 7.12. The average Bonchev–Trinajstić information content (AvgIpc) is 2.96. The molecule has 15 heteroatoms. The lowest BCUT2D eigenvalue weighted by atomic mass is 9.97. The molecule has 10 atom stereocenters. The average molecular weight is 611 g/mol. The minimum Gasteiger partial charge on any atom is -0.507 e. The fourth-order valence-corrected chi connectivity index (χ4v) is 4.68. The lowest BCUT2D eigenvalue weighted by Gasteiger charge is -2.45. The van der Waals surface area contributed by atoms with E-state index in [0.29, 0.717) is 5.56 Å². The summed E-state index contributed by atoms with van der Waals surface area (Å²) in [7, 11) is 1.38. The molecule has 2 saturated heterocycles. The topological polar surface area (TPSA) is 245 Å². The first-order valence-corrected chi connectivity index (χ1v) is 13.2. The lowest BCUT2D eigenvalue weighted by molar-refractivity contribution is -0.354. The first kappa shape index (κ1) is 32.4. The predicted octanol–water partition coefficient (Wildman–Crippen LogP) is -1.26. The van der Waals surface area contributed by atoms with Crippen LogP contribution in [0.4, 0.5) is 0 Å². The molecule has 0 radical (unpaired) electrons. The van der Waals surface area contributed by atoms with E-state index in [1.165, 1.54) is 32.2 Å². The van der Waals surface area contributed by atoms with Gasteiger partial charge >= 0.3 is 0 Å². The smallest absolute Gasteiger partial charge is 0.229 e. The number of aliphatic hydroxyl groups excluding tert-OH is 6. The van der Waals surface area contributed by atoms with Crippen molar-refractivity contribution >= 4 is 11.9 Å². The van der Waals surface area contributed by atoms with Crippen LogP contribution in [0.15, 0.2) is 36.4 Å². The fraction of sp³-hybridized carbons (Fsp3) is 0.464. The predicted molar refractivity (Wildman–Crippen MR) is 143 cm³/mol. The number of ether oxygens (including phenoxy) is 5. The van der Waals surface area contributed by atoms with E-state index in [0.717, 1.165) is 18.2 Å². The van der Waals surface area contributed by atoms with Crippen LogP contribution in [0.5, 0.6) is 28.7 Å². The molecule has 0 saturated carbocycles. The van der Waals surface area contributed by atoms with Crippen LogP contribution < -0.4 is 9.47 Å². The van der Waals surface area contributed by atoms with Crippen molar-refractivity contribution < 1.29 is 74.4 Å². The summed E-state index contributed by atoms with van der Waals surface area (Å²) in [4.78, 5) is 12.8. The molecule has 2 fully saturated rings. The Labute approximate surface area is 245 Å². The number of aromatic hydroxyl groups is 3. The largest absolute Gasteiger partial charge is 0.507 e. The highest BCUT2D eigenvalue weighted by atomic mass is 16.8. The number of carbonyl (C=O) groups excluding carboxylic acids is 1. The summed E-state index contributed by atoms with van der Waals surface area (Å²) < 4.78 is 27.2. The highest BCUT2D eigenvalue weighted by Crippen LogP contribution is 2.36. The summed E-state index contributed by atoms with van der Waals surface area (Å²) in [6, 6.07) is 6.30. The van der Waals surface area contributed by atoms with Gasteiger partial charge in [0, 0.05) is 12.1 Å². The van der Waals surface area contributed by atoms with Crippen molar-refractivity contribution in [3.8, 4) is 28.7 Å². The zero-order valence-corrected chi connectivity index (χ0v) is 23.0. The lowest BCUT2D eigenvalue weighted by Crippen LogP contribution is -2.64. The van der Waals surface area contributed by atoms with Crippen molar-refractivity contribution in [3.05, 3.63) is 47.5 Å². The van der Waals surface area contributed by atoms with Gasteiger partial charge in [-0.3, -0.25) is 4.79 Å². The Morgan fingerprint density at radius 2 is 1.53 bits per heavy atom. The van der Waals surface area contributed by atoms with E-state index in [1.54, 1.807) is 6.07 Å². The molecule has 0 aromatic heterocycles. The molecule has 2 aromatic rings. The Bertz CT molecular complexity index is 1290. The van der Waals surface area contributed by atoms with E-state index in [2.05, 4.69) is 0 Å². The highest BCUT2D eigenvalue weighted by molar-refractivity contribution is 6.10. The van der Waals surface area contributed by atoms with Crippen LogP contribution in [0.25, 0.3) is 6.08 Å². The Morgan fingerprint density at radius 3 is 2.14 bits per heavy atom.